The van der Waals surface area contributed by atoms with Crippen molar-refractivity contribution >= 4 is 5.97 Å². The molecule has 0 bridgehead atoms. The molecule has 1 aromatic carbocycles. The fourth-order valence-corrected chi connectivity index (χ4v) is 1.22. The van der Waals surface area contributed by atoms with Gasteiger partial charge in [-0.2, -0.15) is 0 Å². The Balaban J connectivity index is 2.37. The summed E-state index contributed by atoms with van der Waals surface area (Å²) in [6.07, 6.45) is 0.439. The lowest BCUT2D eigenvalue weighted by molar-refractivity contribution is -0.146. The van der Waals surface area contributed by atoms with Crippen LogP contribution in [0.1, 0.15) is 31.4 Å². The number of esters is 1. The molecule has 0 heterocycles. The topological polar surface area (TPSA) is 46.5 Å². The summed E-state index contributed by atoms with van der Waals surface area (Å²) >= 11 is 0. The average molecular weight is 208 g/mol. The molecular weight excluding hydrogens is 192 g/mol. The van der Waals surface area contributed by atoms with E-state index in [0.717, 1.165) is 12.0 Å². The predicted octanol–water partition coefficient (Wildman–Crippen LogP) is 2.06. The first-order valence-electron chi connectivity index (χ1n) is 5.12. The molecule has 0 aliphatic heterocycles. The quantitative estimate of drug-likeness (QED) is 0.753. The number of benzene rings is 1. The fourth-order valence-electron chi connectivity index (χ4n) is 1.22. The van der Waals surface area contributed by atoms with Gasteiger partial charge >= 0.3 is 5.97 Å². The first kappa shape index (κ1) is 11.7. The number of carbonyl (C=O) groups is 1. The Morgan fingerprint density at radius 3 is 2.67 bits per heavy atom. The van der Waals surface area contributed by atoms with Crippen LogP contribution in [0.5, 0.6) is 0 Å². The summed E-state index contributed by atoms with van der Waals surface area (Å²) in [7, 11) is 0. The number of carbonyl (C=O) groups excluding carboxylic acids is 1. The van der Waals surface area contributed by atoms with Crippen molar-refractivity contribution in [2.24, 2.45) is 0 Å². The molecule has 0 radical (unpaired) electrons. The second kappa shape index (κ2) is 6.19. The Hall–Kier alpha value is -1.35. The Kier molecular flexibility index (Phi) is 4.84. The van der Waals surface area contributed by atoms with Crippen molar-refractivity contribution in [2.75, 3.05) is 6.61 Å². The third kappa shape index (κ3) is 4.13. The first-order valence-corrected chi connectivity index (χ1v) is 5.12. The highest BCUT2D eigenvalue weighted by molar-refractivity contribution is 5.69. The van der Waals surface area contributed by atoms with E-state index in [-0.39, 0.29) is 12.6 Å². The van der Waals surface area contributed by atoms with E-state index >= 15 is 0 Å². The van der Waals surface area contributed by atoms with Crippen LogP contribution in [-0.4, -0.2) is 17.7 Å². The van der Waals surface area contributed by atoms with Crippen molar-refractivity contribution in [1.29, 1.82) is 0 Å². The molecule has 1 rings (SSSR count). The van der Waals surface area contributed by atoms with Crippen LogP contribution in [0, 0.1) is 0 Å². The van der Waals surface area contributed by atoms with Gasteiger partial charge in [0.15, 0.2) is 0 Å². The molecule has 15 heavy (non-hydrogen) atoms. The van der Waals surface area contributed by atoms with Crippen molar-refractivity contribution in [3.63, 3.8) is 0 Å². The molecule has 82 valence electrons. The number of hydrogen-bond acceptors (Lipinski definition) is 3. The van der Waals surface area contributed by atoms with Gasteiger partial charge in [0.2, 0.25) is 0 Å². The van der Waals surface area contributed by atoms with Gasteiger partial charge in [-0.3, -0.25) is 4.79 Å². The maximum atomic E-state index is 11.0. The lowest BCUT2D eigenvalue weighted by Crippen LogP contribution is -2.12. The van der Waals surface area contributed by atoms with Crippen LogP contribution < -0.4 is 0 Å². The molecule has 1 atom stereocenters. The largest absolute Gasteiger partial charge is 0.463 e. The second-order valence-electron chi connectivity index (χ2n) is 3.36. The summed E-state index contributed by atoms with van der Waals surface area (Å²) in [4.78, 5) is 11.0. The molecule has 0 aliphatic carbocycles. The molecule has 0 spiro atoms. The Labute approximate surface area is 89.7 Å². The van der Waals surface area contributed by atoms with Gasteiger partial charge in [-0.1, -0.05) is 37.3 Å². The zero-order valence-electron chi connectivity index (χ0n) is 8.85. The average Bonchev–Trinajstić information content (AvgIpc) is 2.27. The normalized spacial score (nSPS) is 12.1. The molecular formula is C12H16O3. The number of ether oxygens (including phenoxy) is 1. The maximum absolute atomic E-state index is 11.0. The molecule has 0 aliphatic rings. The van der Waals surface area contributed by atoms with E-state index in [1.54, 1.807) is 12.1 Å². The summed E-state index contributed by atoms with van der Waals surface area (Å²) in [5.41, 5.74) is 0.766. The van der Waals surface area contributed by atoms with Crippen LogP contribution in [-0.2, 0) is 9.53 Å². The van der Waals surface area contributed by atoms with Gasteiger partial charge in [0, 0.05) is 6.42 Å². The summed E-state index contributed by atoms with van der Waals surface area (Å²) in [5.74, 6) is -0.257. The fraction of sp³-hybridized carbons (Fsp3) is 0.417. The summed E-state index contributed by atoms with van der Waals surface area (Å²) in [6, 6.07) is 9.16. The van der Waals surface area contributed by atoms with Gasteiger partial charge in [-0.15, -0.1) is 0 Å². The van der Waals surface area contributed by atoms with E-state index in [0.29, 0.717) is 6.42 Å². The molecule has 0 amide bonds. The molecule has 0 aromatic heterocycles. The molecule has 0 fully saturated rings. The van der Waals surface area contributed by atoms with Crippen molar-refractivity contribution in [3.05, 3.63) is 35.9 Å². The predicted molar refractivity (Wildman–Crippen MR) is 57.3 cm³/mol. The Morgan fingerprint density at radius 2 is 2.07 bits per heavy atom. The number of rotatable bonds is 5. The van der Waals surface area contributed by atoms with Gasteiger partial charge in [0.1, 0.15) is 12.7 Å². The van der Waals surface area contributed by atoms with Gasteiger partial charge in [-0.25, -0.2) is 0 Å². The maximum Gasteiger partial charge on any atom is 0.305 e. The zero-order chi connectivity index (χ0) is 11.1. The van der Waals surface area contributed by atoms with E-state index in [1.807, 2.05) is 25.1 Å². The minimum absolute atomic E-state index is 0.0306. The van der Waals surface area contributed by atoms with E-state index in [4.69, 9.17) is 4.74 Å². The zero-order valence-corrected chi connectivity index (χ0v) is 8.85. The lowest BCUT2D eigenvalue weighted by atomic mass is 10.1. The standard InChI is InChI=1S/C12H16O3/c1-2-6-12(14)15-9-11(13)10-7-4-3-5-8-10/h3-5,7-8,11,13H,2,6,9H2,1H3/t11-/m1/s1. The molecule has 1 N–H and O–H groups in total. The third-order valence-corrected chi connectivity index (χ3v) is 2.04. The minimum Gasteiger partial charge on any atom is -0.463 e. The van der Waals surface area contributed by atoms with Crippen LogP contribution in [0.4, 0.5) is 0 Å². The summed E-state index contributed by atoms with van der Waals surface area (Å²) in [6.45, 7) is 1.94. The van der Waals surface area contributed by atoms with Crippen molar-refractivity contribution in [2.45, 2.75) is 25.9 Å². The molecule has 0 saturated heterocycles. The van der Waals surface area contributed by atoms with Crippen LogP contribution >= 0.6 is 0 Å². The monoisotopic (exact) mass is 208 g/mol. The lowest BCUT2D eigenvalue weighted by Gasteiger charge is -2.11. The molecule has 1 aromatic rings. The molecule has 0 unspecified atom stereocenters. The van der Waals surface area contributed by atoms with Crippen molar-refractivity contribution < 1.29 is 14.6 Å². The number of aliphatic hydroxyl groups is 1. The third-order valence-electron chi connectivity index (χ3n) is 2.04. The highest BCUT2D eigenvalue weighted by atomic mass is 16.5. The first-order chi connectivity index (χ1) is 7.24. The second-order valence-corrected chi connectivity index (χ2v) is 3.36. The number of hydrogen-bond donors (Lipinski definition) is 1. The van der Waals surface area contributed by atoms with E-state index < -0.39 is 6.10 Å². The minimum atomic E-state index is -0.730. The van der Waals surface area contributed by atoms with Crippen LogP contribution in [0.3, 0.4) is 0 Å². The van der Waals surface area contributed by atoms with Crippen LogP contribution in [0.15, 0.2) is 30.3 Å². The summed E-state index contributed by atoms with van der Waals surface area (Å²) in [5, 5.41) is 9.66. The molecule has 3 nitrogen and oxygen atoms in total. The van der Waals surface area contributed by atoms with Crippen LogP contribution in [0.25, 0.3) is 0 Å². The van der Waals surface area contributed by atoms with Gasteiger partial charge in [0.25, 0.3) is 0 Å². The highest BCUT2D eigenvalue weighted by Crippen LogP contribution is 2.12. The Bertz CT molecular complexity index is 295. The van der Waals surface area contributed by atoms with Crippen molar-refractivity contribution in [1.82, 2.24) is 0 Å². The highest BCUT2D eigenvalue weighted by Gasteiger charge is 2.09. The van der Waals surface area contributed by atoms with E-state index in [2.05, 4.69) is 0 Å². The molecule has 0 saturated carbocycles. The van der Waals surface area contributed by atoms with Crippen molar-refractivity contribution in [3.8, 4) is 0 Å². The van der Waals surface area contributed by atoms with Gasteiger partial charge in [0.05, 0.1) is 0 Å². The van der Waals surface area contributed by atoms with Gasteiger partial charge in [-0.05, 0) is 12.0 Å². The van der Waals surface area contributed by atoms with Gasteiger partial charge < -0.3 is 9.84 Å². The van der Waals surface area contributed by atoms with Crippen LogP contribution in [0.2, 0.25) is 0 Å². The number of aliphatic hydroxyl groups excluding tert-OH is 1. The smallest absolute Gasteiger partial charge is 0.305 e. The van der Waals surface area contributed by atoms with E-state index in [9.17, 15) is 9.90 Å². The summed E-state index contributed by atoms with van der Waals surface area (Å²) < 4.78 is 4.91. The molecule has 3 heteroatoms. The Morgan fingerprint density at radius 1 is 1.40 bits per heavy atom. The van der Waals surface area contributed by atoms with E-state index in [1.165, 1.54) is 0 Å². The SMILES string of the molecule is CCCC(=O)OC[C@@H](O)c1ccccc1.